The van der Waals surface area contributed by atoms with Crippen molar-refractivity contribution in [2.45, 2.75) is 19.4 Å². The Kier molecular flexibility index (Phi) is 4.71. The Balaban J connectivity index is 1.76. The molecule has 126 valence electrons. The van der Waals surface area contributed by atoms with Gasteiger partial charge in [0.25, 0.3) is 0 Å². The van der Waals surface area contributed by atoms with E-state index in [1.807, 2.05) is 4.90 Å². The number of aliphatic hydroxyl groups excluding tert-OH is 1. The van der Waals surface area contributed by atoms with Gasteiger partial charge in [0.05, 0.1) is 12.5 Å². The van der Waals surface area contributed by atoms with Crippen molar-refractivity contribution in [3.05, 3.63) is 42.0 Å². The molecule has 1 aliphatic rings. The number of carboxylic acids is 1. The number of benzene rings is 1. The van der Waals surface area contributed by atoms with Crippen LogP contribution in [0.2, 0.25) is 0 Å². The number of rotatable bonds is 4. The SMILES string of the molecule is O=C(O)C1CCN(c2ncc(-c3cccc(CO)c3F)cn2)CC1. The molecule has 0 amide bonds. The second-order valence-corrected chi connectivity index (χ2v) is 5.81. The van der Waals surface area contributed by atoms with Crippen molar-refractivity contribution >= 4 is 11.9 Å². The van der Waals surface area contributed by atoms with E-state index in [4.69, 9.17) is 10.2 Å². The molecule has 1 aromatic heterocycles. The molecule has 24 heavy (non-hydrogen) atoms. The van der Waals surface area contributed by atoms with Crippen LogP contribution in [0.5, 0.6) is 0 Å². The fourth-order valence-corrected chi connectivity index (χ4v) is 2.87. The van der Waals surface area contributed by atoms with Crippen LogP contribution in [0.15, 0.2) is 30.6 Å². The van der Waals surface area contributed by atoms with E-state index >= 15 is 0 Å². The van der Waals surface area contributed by atoms with Crippen LogP contribution in [0.3, 0.4) is 0 Å². The van der Waals surface area contributed by atoms with Gasteiger partial charge in [-0.1, -0.05) is 18.2 Å². The highest BCUT2D eigenvalue weighted by molar-refractivity contribution is 5.70. The van der Waals surface area contributed by atoms with Gasteiger partial charge in [0.2, 0.25) is 5.95 Å². The number of carboxylic acid groups (broad SMARTS) is 1. The lowest BCUT2D eigenvalue weighted by molar-refractivity contribution is -0.142. The smallest absolute Gasteiger partial charge is 0.306 e. The molecule has 3 rings (SSSR count). The summed E-state index contributed by atoms with van der Waals surface area (Å²) in [7, 11) is 0. The van der Waals surface area contributed by atoms with E-state index in [1.165, 1.54) is 6.07 Å². The topological polar surface area (TPSA) is 86.5 Å². The standard InChI is InChI=1S/C17H18FN3O3/c18-15-12(10-22)2-1-3-14(15)13-8-19-17(20-9-13)21-6-4-11(5-7-21)16(23)24/h1-3,8-9,11,22H,4-7,10H2,(H,23,24). The van der Waals surface area contributed by atoms with E-state index in [1.54, 1.807) is 24.5 Å². The molecule has 1 saturated heterocycles. The van der Waals surface area contributed by atoms with Crippen LogP contribution >= 0.6 is 0 Å². The van der Waals surface area contributed by atoms with Gasteiger partial charge >= 0.3 is 5.97 Å². The first-order chi connectivity index (χ1) is 11.6. The Hall–Kier alpha value is -2.54. The quantitative estimate of drug-likeness (QED) is 0.892. The Bertz CT molecular complexity index is 728. The molecule has 2 aromatic rings. The number of aliphatic hydroxyl groups is 1. The van der Waals surface area contributed by atoms with E-state index in [2.05, 4.69) is 9.97 Å². The number of nitrogens with zero attached hydrogens (tertiary/aromatic N) is 3. The summed E-state index contributed by atoms with van der Waals surface area (Å²) in [5.41, 5.74) is 1.11. The van der Waals surface area contributed by atoms with Gasteiger partial charge < -0.3 is 15.1 Å². The number of hydrogen-bond donors (Lipinski definition) is 2. The Morgan fingerprint density at radius 2 is 1.92 bits per heavy atom. The number of aromatic nitrogens is 2. The van der Waals surface area contributed by atoms with Gasteiger partial charge in [0.1, 0.15) is 5.82 Å². The lowest BCUT2D eigenvalue weighted by Crippen LogP contribution is -2.37. The molecule has 6 nitrogen and oxygen atoms in total. The highest BCUT2D eigenvalue weighted by Gasteiger charge is 2.25. The van der Waals surface area contributed by atoms with Gasteiger partial charge in [-0.2, -0.15) is 0 Å². The number of anilines is 1. The molecule has 0 radical (unpaired) electrons. The van der Waals surface area contributed by atoms with Crippen molar-refractivity contribution in [1.29, 1.82) is 0 Å². The maximum absolute atomic E-state index is 14.3. The highest BCUT2D eigenvalue weighted by atomic mass is 19.1. The third-order valence-corrected chi connectivity index (χ3v) is 4.33. The van der Waals surface area contributed by atoms with E-state index in [-0.39, 0.29) is 18.1 Å². The summed E-state index contributed by atoms with van der Waals surface area (Å²) >= 11 is 0. The van der Waals surface area contributed by atoms with Crippen molar-refractivity contribution in [2.75, 3.05) is 18.0 Å². The summed E-state index contributed by atoms with van der Waals surface area (Å²) in [4.78, 5) is 21.5. The van der Waals surface area contributed by atoms with Gasteiger partial charge in [-0.25, -0.2) is 14.4 Å². The van der Waals surface area contributed by atoms with E-state index in [9.17, 15) is 9.18 Å². The highest BCUT2D eigenvalue weighted by Crippen LogP contribution is 2.26. The molecule has 0 atom stereocenters. The summed E-state index contributed by atoms with van der Waals surface area (Å²) in [6.45, 7) is 0.812. The Morgan fingerprint density at radius 1 is 1.25 bits per heavy atom. The molecule has 0 unspecified atom stereocenters. The zero-order valence-electron chi connectivity index (χ0n) is 13.0. The Labute approximate surface area is 138 Å². The fraction of sp³-hybridized carbons (Fsp3) is 0.353. The molecular weight excluding hydrogens is 313 g/mol. The number of piperidine rings is 1. The molecule has 1 fully saturated rings. The summed E-state index contributed by atoms with van der Waals surface area (Å²) in [6, 6.07) is 4.82. The van der Waals surface area contributed by atoms with Gasteiger partial charge in [-0.05, 0) is 12.8 Å². The first kappa shape index (κ1) is 16.3. The summed E-state index contributed by atoms with van der Waals surface area (Å²) < 4.78 is 14.3. The number of halogens is 1. The van der Waals surface area contributed by atoms with Crippen LogP contribution in [0.25, 0.3) is 11.1 Å². The summed E-state index contributed by atoms with van der Waals surface area (Å²) in [5, 5.41) is 18.2. The van der Waals surface area contributed by atoms with Gasteiger partial charge in [-0.3, -0.25) is 4.79 Å². The van der Waals surface area contributed by atoms with Crippen LogP contribution < -0.4 is 4.90 Å². The van der Waals surface area contributed by atoms with Crippen molar-refractivity contribution in [3.63, 3.8) is 0 Å². The number of hydrogen-bond acceptors (Lipinski definition) is 5. The summed E-state index contributed by atoms with van der Waals surface area (Å²) in [5.74, 6) is -1.03. The molecule has 1 aliphatic heterocycles. The van der Waals surface area contributed by atoms with Crippen molar-refractivity contribution < 1.29 is 19.4 Å². The van der Waals surface area contributed by atoms with Gasteiger partial charge in [0.15, 0.2) is 0 Å². The molecule has 0 bridgehead atoms. The maximum atomic E-state index is 14.3. The third-order valence-electron chi connectivity index (χ3n) is 4.33. The zero-order valence-corrected chi connectivity index (χ0v) is 13.0. The van der Waals surface area contributed by atoms with E-state index < -0.39 is 11.8 Å². The van der Waals surface area contributed by atoms with Crippen LogP contribution in [0, 0.1) is 11.7 Å². The fourth-order valence-electron chi connectivity index (χ4n) is 2.87. The third kappa shape index (κ3) is 3.21. The average molecular weight is 331 g/mol. The largest absolute Gasteiger partial charge is 0.481 e. The molecule has 1 aromatic carbocycles. The van der Waals surface area contributed by atoms with E-state index in [0.717, 1.165) is 0 Å². The minimum atomic E-state index is -0.759. The lowest BCUT2D eigenvalue weighted by Gasteiger charge is -2.30. The number of aliphatic carboxylic acids is 1. The van der Waals surface area contributed by atoms with E-state index in [0.29, 0.717) is 43.0 Å². The molecule has 2 N–H and O–H groups in total. The minimum absolute atomic E-state index is 0.229. The monoisotopic (exact) mass is 331 g/mol. The van der Waals surface area contributed by atoms with Crippen LogP contribution in [0.4, 0.5) is 10.3 Å². The molecule has 0 saturated carbocycles. The first-order valence-electron chi connectivity index (χ1n) is 7.78. The van der Waals surface area contributed by atoms with Gasteiger partial charge in [0, 0.05) is 42.2 Å². The van der Waals surface area contributed by atoms with Crippen molar-refractivity contribution in [3.8, 4) is 11.1 Å². The van der Waals surface area contributed by atoms with Crippen molar-refractivity contribution in [2.24, 2.45) is 5.92 Å². The van der Waals surface area contributed by atoms with Crippen LogP contribution in [0.1, 0.15) is 18.4 Å². The molecule has 0 spiro atoms. The van der Waals surface area contributed by atoms with Crippen LogP contribution in [-0.2, 0) is 11.4 Å². The van der Waals surface area contributed by atoms with Crippen molar-refractivity contribution in [1.82, 2.24) is 9.97 Å². The molecule has 2 heterocycles. The molecule has 0 aliphatic carbocycles. The lowest BCUT2D eigenvalue weighted by atomic mass is 9.97. The van der Waals surface area contributed by atoms with Crippen LogP contribution in [-0.4, -0.2) is 39.2 Å². The second-order valence-electron chi connectivity index (χ2n) is 5.81. The summed E-state index contributed by atoms with van der Waals surface area (Å²) in [6.07, 6.45) is 4.22. The molecule has 7 heteroatoms. The predicted octanol–water partition coefficient (Wildman–Crippen LogP) is 2.08. The minimum Gasteiger partial charge on any atom is -0.481 e. The maximum Gasteiger partial charge on any atom is 0.306 e. The normalized spacial score (nSPS) is 15.5. The number of carbonyl (C=O) groups is 1. The first-order valence-corrected chi connectivity index (χ1v) is 7.78. The van der Waals surface area contributed by atoms with Gasteiger partial charge in [-0.15, -0.1) is 0 Å². The predicted molar refractivity (Wildman–Crippen MR) is 85.9 cm³/mol. The molecular formula is C17H18FN3O3. The Morgan fingerprint density at radius 3 is 2.50 bits per heavy atom. The average Bonchev–Trinajstić information content (AvgIpc) is 2.62. The second kappa shape index (κ2) is 6.92. The zero-order chi connectivity index (χ0) is 17.1.